The fourth-order valence-corrected chi connectivity index (χ4v) is 4.15. The quantitative estimate of drug-likeness (QED) is 0.581. The molecule has 0 amide bonds. The zero-order valence-electron chi connectivity index (χ0n) is 16.1. The number of fused-ring (bicyclic) bond motifs is 1. The molecule has 3 rings (SSSR count). The third-order valence-corrected chi connectivity index (χ3v) is 5.52. The van der Waals surface area contributed by atoms with Crippen LogP contribution in [-0.4, -0.2) is 22.1 Å². The molecule has 2 heterocycles. The van der Waals surface area contributed by atoms with Gasteiger partial charge >= 0.3 is 5.97 Å². The Morgan fingerprint density at radius 2 is 2.04 bits per heavy atom. The highest BCUT2D eigenvalue weighted by molar-refractivity contribution is 7.17. The van der Waals surface area contributed by atoms with Gasteiger partial charge in [-0.2, -0.15) is 0 Å². The summed E-state index contributed by atoms with van der Waals surface area (Å²) in [5.41, 5.74) is 3.98. The number of benzene rings is 1. The molecule has 3 aromatic rings. The summed E-state index contributed by atoms with van der Waals surface area (Å²) >= 11 is 1.45. The lowest BCUT2D eigenvalue weighted by Gasteiger charge is -2.16. The van der Waals surface area contributed by atoms with E-state index >= 15 is 0 Å². The number of aryl methyl sites for hydroxylation is 2. The van der Waals surface area contributed by atoms with Crippen molar-refractivity contribution in [2.75, 3.05) is 6.61 Å². The van der Waals surface area contributed by atoms with E-state index < -0.39 is 6.04 Å². The number of hydrogen-bond acceptors (Lipinski definition) is 5. The Morgan fingerprint density at radius 1 is 1.26 bits per heavy atom. The minimum absolute atomic E-state index is 0.198. The van der Waals surface area contributed by atoms with Crippen molar-refractivity contribution in [3.05, 3.63) is 51.4 Å². The lowest BCUT2D eigenvalue weighted by molar-refractivity contribution is -0.147. The molecule has 142 valence electrons. The monoisotopic (exact) mass is 384 g/mol. The SMILES string of the molecule is CCCOC(=O)C(CC)n1cnc2scc(-c3ccc(C)cc3C)c2c1=O. The topological polar surface area (TPSA) is 61.2 Å². The molecular weight excluding hydrogens is 360 g/mol. The Bertz CT molecular complexity index is 1040. The van der Waals surface area contributed by atoms with Gasteiger partial charge in [0.05, 0.1) is 18.3 Å². The van der Waals surface area contributed by atoms with Crippen LogP contribution < -0.4 is 5.56 Å². The molecule has 0 aliphatic heterocycles. The predicted octanol–water partition coefficient (Wildman–Crippen LogP) is 4.65. The van der Waals surface area contributed by atoms with E-state index in [9.17, 15) is 9.59 Å². The second-order valence-electron chi connectivity index (χ2n) is 6.70. The molecule has 6 heteroatoms. The number of nitrogens with zero attached hydrogens (tertiary/aromatic N) is 2. The second-order valence-corrected chi connectivity index (χ2v) is 7.55. The molecule has 0 saturated heterocycles. The highest BCUT2D eigenvalue weighted by Gasteiger charge is 2.24. The fourth-order valence-electron chi connectivity index (χ4n) is 3.26. The van der Waals surface area contributed by atoms with Crippen LogP contribution in [-0.2, 0) is 9.53 Å². The van der Waals surface area contributed by atoms with Gasteiger partial charge in [-0.3, -0.25) is 9.36 Å². The van der Waals surface area contributed by atoms with Gasteiger partial charge in [0, 0.05) is 10.9 Å². The van der Waals surface area contributed by atoms with Gasteiger partial charge in [-0.05, 0) is 37.8 Å². The van der Waals surface area contributed by atoms with Crippen LogP contribution >= 0.6 is 11.3 Å². The molecule has 1 atom stereocenters. The first-order valence-corrected chi connectivity index (χ1v) is 10.1. The summed E-state index contributed by atoms with van der Waals surface area (Å²) < 4.78 is 6.69. The van der Waals surface area contributed by atoms with E-state index in [4.69, 9.17) is 4.74 Å². The maximum Gasteiger partial charge on any atom is 0.329 e. The van der Waals surface area contributed by atoms with Crippen molar-refractivity contribution in [2.45, 2.75) is 46.6 Å². The molecule has 0 bridgehead atoms. The molecule has 5 nitrogen and oxygen atoms in total. The zero-order valence-corrected chi connectivity index (χ0v) is 16.9. The van der Waals surface area contributed by atoms with Crippen LogP contribution in [0.3, 0.4) is 0 Å². The Hall–Kier alpha value is -2.47. The van der Waals surface area contributed by atoms with Crippen molar-refractivity contribution in [1.29, 1.82) is 0 Å². The number of aromatic nitrogens is 2. The fraction of sp³-hybridized carbons (Fsp3) is 0.381. The number of esters is 1. The number of ether oxygens (including phenoxy) is 1. The summed E-state index contributed by atoms with van der Waals surface area (Å²) in [4.78, 5) is 30.8. The largest absolute Gasteiger partial charge is 0.464 e. The summed E-state index contributed by atoms with van der Waals surface area (Å²) in [5.74, 6) is -0.383. The van der Waals surface area contributed by atoms with Gasteiger partial charge in [-0.15, -0.1) is 11.3 Å². The first-order chi connectivity index (χ1) is 13.0. The molecule has 0 radical (unpaired) electrons. The van der Waals surface area contributed by atoms with Crippen LogP contribution in [0.2, 0.25) is 0 Å². The van der Waals surface area contributed by atoms with Crippen LogP contribution in [0.5, 0.6) is 0 Å². The third kappa shape index (κ3) is 3.67. The lowest BCUT2D eigenvalue weighted by atomic mass is 9.99. The highest BCUT2D eigenvalue weighted by Crippen LogP contribution is 2.33. The van der Waals surface area contributed by atoms with Gasteiger partial charge in [0.2, 0.25) is 0 Å². The summed E-state index contributed by atoms with van der Waals surface area (Å²) in [6.07, 6.45) is 2.68. The van der Waals surface area contributed by atoms with E-state index in [1.165, 1.54) is 27.8 Å². The van der Waals surface area contributed by atoms with Gasteiger partial charge in [-0.25, -0.2) is 9.78 Å². The van der Waals surface area contributed by atoms with Crippen LogP contribution in [0, 0.1) is 13.8 Å². The van der Waals surface area contributed by atoms with E-state index in [2.05, 4.69) is 11.1 Å². The molecular formula is C21H24N2O3S. The average molecular weight is 385 g/mol. The number of rotatable bonds is 6. The standard InChI is InChI=1S/C21H24N2O3S/c1-5-9-26-21(25)17(6-2)23-12-22-19-18(20(23)24)16(11-27-19)15-8-7-13(3)10-14(15)4/h7-8,10-12,17H,5-6,9H2,1-4H3. The van der Waals surface area contributed by atoms with Crippen molar-refractivity contribution >= 4 is 27.5 Å². The smallest absolute Gasteiger partial charge is 0.329 e. The molecule has 2 aromatic heterocycles. The molecule has 0 aliphatic carbocycles. The van der Waals surface area contributed by atoms with Gasteiger partial charge < -0.3 is 4.74 Å². The number of hydrogen-bond donors (Lipinski definition) is 0. The summed E-state index contributed by atoms with van der Waals surface area (Å²) in [5, 5.41) is 2.54. The van der Waals surface area contributed by atoms with Crippen LogP contribution in [0.4, 0.5) is 0 Å². The van der Waals surface area contributed by atoms with E-state index in [-0.39, 0.29) is 11.5 Å². The molecule has 1 unspecified atom stereocenters. The van der Waals surface area contributed by atoms with E-state index in [1.807, 2.05) is 45.2 Å². The average Bonchev–Trinajstić information content (AvgIpc) is 3.07. The Morgan fingerprint density at radius 3 is 2.70 bits per heavy atom. The lowest BCUT2D eigenvalue weighted by Crippen LogP contribution is -2.31. The molecule has 0 spiro atoms. The Labute approximate surface area is 162 Å². The second kappa shape index (κ2) is 8.05. The van der Waals surface area contributed by atoms with Crippen molar-refractivity contribution in [3.63, 3.8) is 0 Å². The van der Waals surface area contributed by atoms with E-state index in [1.54, 1.807) is 0 Å². The number of thiophene rings is 1. The summed E-state index contributed by atoms with van der Waals surface area (Å²) in [7, 11) is 0. The van der Waals surface area contributed by atoms with Crippen LogP contribution in [0.25, 0.3) is 21.3 Å². The van der Waals surface area contributed by atoms with Crippen molar-refractivity contribution < 1.29 is 9.53 Å². The van der Waals surface area contributed by atoms with Crippen LogP contribution in [0.15, 0.2) is 34.7 Å². The van der Waals surface area contributed by atoms with Gasteiger partial charge in [-0.1, -0.05) is 37.6 Å². The first-order valence-electron chi connectivity index (χ1n) is 9.20. The normalized spacial score (nSPS) is 12.3. The number of carbonyl (C=O) groups is 1. The molecule has 1 aromatic carbocycles. The highest BCUT2D eigenvalue weighted by atomic mass is 32.1. The van der Waals surface area contributed by atoms with Crippen molar-refractivity contribution in [2.24, 2.45) is 0 Å². The number of carbonyl (C=O) groups excluding carboxylic acids is 1. The molecule has 0 fully saturated rings. The van der Waals surface area contributed by atoms with Gasteiger partial charge in [0.15, 0.2) is 0 Å². The minimum atomic E-state index is -0.659. The van der Waals surface area contributed by atoms with Gasteiger partial charge in [0.1, 0.15) is 10.9 Å². The van der Waals surface area contributed by atoms with E-state index in [0.717, 1.165) is 23.1 Å². The van der Waals surface area contributed by atoms with E-state index in [0.29, 0.717) is 23.2 Å². The summed E-state index contributed by atoms with van der Waals surface area (Å²) in [6.45, 7) is 8.25. The van der Waals surface area contributed by atoms with Crippen molar-refractivity contribution in [1.82, 2.24) is 9.55 Å². The maximum absolute atomic E-state index is 13.3. The molecule has 0 aliphatic rings. The van der Waals surface area contributed by atoms with Crippen LogP contribution in [0.1, 0.15) is 43.9 Å². The van der Waals surface area contributed by atoms with Crippen molar-refractivity contribution in [3.8, 4) is 11.1 Å². The van der Waals surface area contributed by atoms with Gasteiger partial charge in [0.25, 0.3) is 5.56 Å². The Kier molecular flexibility index (Phi) is 5.75. The maximum atomic E-state index is 13.3. The predicted molar refractivity (Wildman–Crippen MR) is 109 cm³/mol. The zero-order chi connectivity index (χ0) is 19.6. The third-order valence-electron chi connectivity index (χ3n) is 4.63. The minimum Gasteiger partial charge on any atom is -0.464 e. The molecule has 0 N–H and O–H groups in total. The summed E-state index contributed by atoms with van der Waals surface area (Å²) in [6, 6.07) is 5.52. The molecule has 0 saturated carbocycles. The first kappa shape index (κ1) is 19.3. The Balaban J connectivity index is 2.14. The molecule has 27 heavy (non-hydrogen) atoms.